The average Bonchev–Trinajstić information content (AvgIpc) is 3.33. The number of aliphatic hydroxyl groups is 2. The van der Waals surface area contributed by atoms with Gasteiger partial charge in [-0.2, -0.15) is 0 Å². The van der Waals surface area contributed by atoms with Gasteiger partial charge in [0.15, 0.2) is 5.75 Å². The Morgan fingerprint density at radius 1 is 0.940 bits per heavy atom. The van der Waals surface area contributed by atoms with Gasteiger partial charge >= 0.3 is 11.8 Å². The minimum atomic E-state index is -1.98. The van der Waals surface area contributed by atoms with E-state index in [1.54, 1.807) is 39.8 Å². The van der Waals surface area contributed by atoms with E-state index in [2.05, 4.69) is 5.32 Å². The number of ketones is 1. The number of anilines is 1. The van der Waals surface area contributed by atoms with Gasteiger partial charge in [-0.3, -0.25) is 14.4 Å². The van der Waals surface area contributed by atoms with E-state index in [1.807, 2.05) is 0 Å². The molecule has 5 rings (SSSR count). The van der Waals surface area contributed by atoms with Gasteiger partial charge in [-0.25, -0.2) is 0 Å². The highest BCUT2D eigenvalue weighted by molar-refractivity contribution is 6.21. The Morgan fingerprint density at radius 3 is 2.22 bits per heavy atom. The number of fused-ring (bicyclic) bond motifs is 14. The Hall–Kier alpha value is -4.59. The summed E-state index contributed by atoms with van der Waals surface area (Å²) < 4.78 is 23.2. The summed E-state index contributed by atoms with van der Waals surface area (Å²) in [6, 6.07) is 1.06. The maximum atomic E-state index is 13.9. The third-order valence-corrected chi connectivity index (χ3v) is 9.84. The molecule has 3 aliphatic heterocycles. The predicted molar refractivity (Wildman–Crippen MR) is 184 cm³/mol. The second kappa shape index (κ2) is 14.7. The normalized spacial score (nSPS) is 31.5. The number of rotatable bonds is 2. The van der Waals surface area contributed by atoms with E-state index in [0.29, 0.717) is 0 Å². The van der Waals surface area contributed by atoms with Crippen LogP contribution in [0, 0.1) is 30.6 Å². The first-order valence-electron chi connectivity index (χ1n) is 16.4. The number of phenols is 3. The molecule has 0 radical (unpaired) electrons. The number of ether oxygens (including phenoxy) is 4. The van der Waals surface area contributed by atoms with Crippen molar-refractivity contribution in [1.82, 2.24) is 0 Å². The molecule has 0 unspecified atom stereocenters. The van der Waals surface area contributed by atoms with Crippen LogP contribution in [0.4, 0.5) is 5.69 Å². The molecule has 1 amide bonds. The van der Waals surface area contributed by atoms with Crippen LogP contribution < -0.4 is 10.1 Å². The molecule has 0 fully saturated rings. The van der Waals surface area contributed by atoms with Gasteiger partial charge in [0, 0.05) is 67.2 Å². The highest BCUT2D eigenvalue weighted by Gasteiger charge is 2.49. The van der Waals surface area contributed by atoms with Crippen LogP contribution in [-0.4, -0.2) is 80.5 Å². The third kappa shape index (κ3) is 7.03. The second-order valence-corrected chi connectivity index (χ2v) is 13.4. The van der Waals surface area contributed by atoms with Crippen LogP contribution in [0.1, 0.15) is 64.4 Å². The highest BCUT2D eigenvalue weighted by Crippen LogP contribution is 2.53. The number of amides is 1. The average molecular weight is 698 g/mol. The molecule has 3 heterocycles. The standard InChI is InChI=1S/C37H47NO12/c1-16-11-10-12-17(2)36(46)38-23-15-24(40)26-27(32(23)44)31(43)21(6)34-28(26)35(45)37(8,50-34)48-14-13-25(47-9)18(3)33(49-22(7)39)20(5)30(42)19(4)29(16)41/h10-16,18-20,25,29-30,33,40-44H,1-9H3,(H,38,46)/b11-10?,14-13+,17-12?/t16-,18+,19+,20+,25-,29-,30+,33+,37-/m0/s1. The number of aromatic hydroxyl groups is 3. The van der Waals surface area contributed by atoms with E-state index < -0.39 is 88.8 Å². The zero-order valence-corrected chi connectivity index (χ0v) is 29.7. The minimum absolute atomic E-state index is 0.0709. The third-order valence-electron chi connectivity index (χ3n) is 9.84. The predicted octanol–water partition coefficient (Wildman–Crippen LogP) is 4.75. The molecule has 0 spiro atoms. The Kier molecular flexibility index (Phi) is 11.2. The number of carbonyl (C=O) groups is 3. The molecule has 0 saturated carbocycles. The number of allylic oxidation sites excluding steroid dienone is 2. The smallest absolute Gasteiger partial charge is 0.312 e. The number of hydrogen-bond donors (Lipinski definition) is 6. The summed E-state index contributed by atoms with van der Waals surface area (Å²) in [6.45, 7) is 12.5. The van der Waals surface area contributed by atoms with E-state index >= 15 is 0 Å². The molecule has 50 heavy (non-hydrogen) atoms. The summed E-state index contributed by atoms with van der Waals surface area (Å²) in [7, 11) is 1.43. The van der Waals surface area contributed by atoms with E-state index in [4.69, 9.17) is 18.9 Å². The zero-order chi connectivity index (χ0) is 37.4. The Balaban J connectivity index is 1.87. The second-order valence-electron chi connectivity index (χ2n) is 13.4. The monoisotopic (exact) mass is 697 g/mol. The first kappa shape index (κ1) is 38.2. The number of nitrogens with one attached hydrogen (secondary N) is 1. The largest absolute Gasteiger partial charge is 0.507 e. The summed E-state index contributed by atoms with van der Waals surface area (Å²) in [4.78, 5) is 39.2. The fraction of sp³-hybridized carbons (Fsp3) is 0.486. The van der Waals surface area contributed by atoms with Crippen molar-refractivity contribution in [3.8, 4) is 23.0 Å². The lowest BCUT2D eigenvalue weighted by Gasteiger charge is -2.38. The molecule has 13 nitrogen and oxygen atoms in total. The van der Waals surface area contributed by atoms with Crippen molar-refractivity contribution in [2.75, 3.05) is 12.4 Å². The molecule has 2 aromatic carbocycles. The van der Waals surface area contributed by atoms with Crippen LogP contribution in [0.25, 0.3) is 10.8 Å². The topological polar surface area (TPSA) is 201 Å². The molecule has 272 valence electrons. The van der Waals surface area contributed by atoms with Crippen LogP contribution in [0.3, 0.4) is 0 Å². The maximum absolute atomic E-state index is 13.9. The van der Waals surface area contributed by atoms with E-state index in [0.717, 1.165) is 6.07 Å². The molecule has 2 aromatic rings. The van der Waals surface area contributed by atoms with E-state index in [9.17, 15) is 39.9 Å². The molecule has 0 aliphatic carbocycles. The lowest BCUT2D eigenvalue weighted by Crippen LogP contribution is -2.46. The molecule has 0 aromatic heterocycles. The van der Waals surface area contributed by atoms with Gasteiger partial charge in [0.05, 0.1) is 41.2 Å². The Morgan fingerprint density at radius 2 is 1.60 bits per heavy atom. The van der Waals surface area contributed by atoms with Crippen molar-refractivity contribution in [3.05, 3.63) is 53.3 Å². The van der Waals surface area contributed by atoms with Crippen molar-refractivity contribution in [2.24, 2.45) is 23.7 Å². The molecule has 6 N–H and O–H groups in total. The van der Waals surface area contributed by atoms with Gasteiger partial charge in [-0.05, 0) is 19.9 Å². The number of esters is 1. The summed E-state index contributed by atoms with van der Waals surface area (Å²) in [6.07, 6.45) is 3.62. The molecule has 0 saturated heterocycles. The number of benzene rings is 2. The quantitative estimate of drug-likeness (QED) is 0.143. The van der Waals surface area contributed by atoms with Crippen molar-refractivity contribution in [2.45, 2.75) is 85.6 Å². The maximum Gasteiger partial charge on any atom is 0.312 e. The van der Waals surface area contributed by atoms with Crippen LogP contribution in [-0.2, 0) is 23.8 Å². The lowest BCUT2D eigenvalue weighted by molar-refractivity contribution is -0.160. The first-order chi connectivity index (χ1) is 23.4. The van der Waals surface area contributed by atoms with Gasteiger partial charge in [0.1, 0.15) is 23.4 Å². The molecule has 3 aliphatic rings. The van der Waals surface area contributed by atoms with Gasteiger partial charge in [0.25, 0.3) is 11.7 Å². The lowest BCUT2D eigenvalue weighted by atomic mass is 9.78. The number of Topliss-reactive ketones (excluding diaryl/α,β-unsaturated/α-hetero) is 1. The first-order valence-corrected chi connectivity index (χ1v) is 16.4. The number of methoxy groups -OCH3 is 1. The SMILES string of the molecule is CO[C@H]1/C=C/O[C@@]2(C)Oc3c(C)c(O)c4c(O)c(cc(O)c4c3C2=O)NC(=O)C(C)=CC=C[C@H](C)[C@H](O)[C@@H](C)[C@@H](O)[C@@H](C)[C@H](OC(C)=O)[C@@H]1C. The molecule has 5 bridgehead atoms. The van der Waals surface area contributed by atoms with Crippen LogP contribution >= 0.6 is 0 Å². The Bertz CT molecular complexity index is 1760. The fourth-order valence-electron chi connectivity index (χ4n) is 6.65. The Labute approximate surface area is 290 Å². The highest BCUT2D eigenvalue weighted by atomic mass is 16.7. The molecular formula is C37H47NO12. The van der Waals surface area contributed by atoms with Gasteiger partial charge in [-0.1, -0.05) is 45.9 Å². The summed E-state index contributed by atoms with van der Waals surface area (Å²) in [5.41, 5.74) is -0.0929. The van der Waals surface area contributed by atoms with Crippen molar-refractivity contribution < 1.29 is 58.9 Å². The number of aliphatic hydroxyl groups excluding tert-OH is 2. The molecule has 9 atom stereocenters. The summed E-state index contributed by atoms with van der Waals surface area (Å²) in [5, 5.41) is 58.2. The van der Waals surface area contributed by atoms with Gasteiger partial charge in [-0.15, -0.1) is 0 Å². The number of carbonyl (C=O) groups excluding carboxylic acids is 3. The van der Waals surface area contributed by atoms with Crippen molar-refractivity contribution in [3.63, 3.8) is 0 Å². The molecular weight excluding hydrogens is 650 g/mol. The van der Waals surface area contributed by atoms with Gasteiger partial charge < -0.3 is 49.8 Å². The van der Waals surface area contributed by atoms with Crippen LogP contribution in [0.15, 0.2) is 42.2 Å². The number of hydrogen-bond acceptors (Lipinski definition) is 12. The molecule has 13 heteroatoms. The van der Waals surface area contributed by atoms with E-state index in [-0.39, 0.29) is 38.9 Å². The van der Waals surface area contributed by atoms with Crippen LogP contribution in [0.2, 0.25) is 0 Å². The van der Waals surface area contributed by atoms with Gasteiger partial charge in [0.2, 0.25) is 0 Å². The van der Waals surface area contributed by atoms with Crippen LogP contribution in [0.5, 0.6) is 23.0 Å². The zero-order valence-electron chi connectivity index (χ0n) is 29.7. The summed E-state index contributed by atoms with van der Waals surface area (Å²) in [5.74, 6) is -7.99. The minimum Gasteiger partial charge on any atom is -0.507 e. The number of phenolic OH excluding ortho intramolecular Hbond substituents is 3. The fourth-order valence-corrected chi connectivity index (χ4v) is 6.65. The summed E-state index contributed by atoms with van der Waals surface area (Å²) >= 11 is 0. The van der Waals surface area contributed by atoms with E-state index in [1.165, 1.54) is 53.2 Å². The van der Waals surface area contributed by atoms with Crippen molar-refractivity contribution >= 4 is 34.1 Å². The van der Waals surface area contributed by atoms with Crippen molar-refractivity contribution in [1.29, 1.82) is 0 Å².